The van der Waals surface area contributed by atoms with Crippen LogP contribution in [0.5, 0.6) is 0 Å². The van der Waals surface area contributed by atoms with Crippen LogP contribution in [-0.4, -0.2) is 22.7 Å². The van der Waals surface area contributed by atoms with Gasteiger partial charge in [-0.1, -0.05) is 20.0 Å². The maximum atomic E-state index is 12.9. The van der Waals surface area contributed by atoms with Gasteiger partial charge in [0.1, 0.15) is 0 Å². The van der Waals surface area contributed by atoms with E-state index in [1.165, 1.54) is 0 Å². The van der Waals surface area contributed by atoms with E-state index in [1.807, 2.05) is 6.92 Å². The molecule has 0 aromatic carbocycles. The summed E-state index contributed by atoms with van der Waals surface area (Å²) in [6.07, 6.45) is 0. The lowest BCUT2D eigenvalue weighted by Crippen LogP contribution is -2.39. The number of alkyl halides is 1. The van der Waals surface area contributed by atoms with E-state index in [2.05, 4.69) is 13.1 Å². The first-order valence-corrected chi connectivity index (χ1v) is 9.24. The van der Waals surface area contributed by atoms with E-state index in [4.69, 9.17) is 11.6 Å². The van der Waals surface area contributed by atoms with Crippen LogP contribution >= 0.6 is 11.6 Å². The number of halogens is 2. The SMILES string of the molecule is CC([Si](C)F)[Si](C)(C)CCl. The van der Waals surface area contributed by atoms with Gasteiger partial charge in [0.2, 0.25) is 0 Å². The van der Waals surface area contributed by atoms with Crippen LogP contribution in [0.3, 0.4) is 0 Å². The predicted molar refractivity (Wildman–Crippen MR) is 50.4 cm³/mol. The number of rotatable bonds is 3. The molecule has 0 N–H and O–H groups in total. The average Bonchev–Trinajstić information content (AvgIpc) is 1.86. The first-order valence-electron chi connectivity index (χ1n) is 3.46. The second-order valence-electron chi connectivity index (χ2n) is 3.43. The maximum absolute atomic E-state index is 12.9. The van der Waals surface area contributed by atoms with Gasteiger partial charge in [-0.05, 0) is 11.7 Å². The summed E-state index contributed by atoms with van der Waals surface area (Å²) < 4.78 is 12.9. The Bertz CT molecular complexity index is 106. The molecule has 0 aromatic heterocycles. The van der Waals surface area contributed by atoms with Gasteiger partial charge < -0.3 is 4.11 Å². The molecular weight excluding hydrogens is 183 g/mol. The summed E-state index contributed by atoms with van der Waals surface area (Å²) >= 11 is 5.74. The van der Waals surface area contributed by atoms with Crippen LogP contribution in [0.25, 0.3) is 0 Å². The first kappa shape index (κ1) is 10.7. The molecule has 0 spiro atoms. The van der Waals surface area contributed by atoms with Gasteiger partial charge in [0, 0.05) is 5.50 Å². The van der Waals surface area contributed by atoms with Crippen molar-refractivity contribution in [2.24, 2.45) is 0 Å². The highest BCUT2D eigenvalue weighted by atomic mass is 35.5. The predicted octanol–water partition coefficient (Wildman–Crippen LogP) is 2.99. The Kier molecular flexibility index (Phi) is 4.13. The molecular formula is C6H15ClFSi2. The minimum Gasteiger partial charge on any atom is -0.315 e. The van der Waals surface area contributed by atoms with Gasteiger partial charge in [0.25, 0.3) is 9.13 Å². The van der Waals surface area contributed by atoms with Gasteiger partial charge >= 0.3 is 0 Å². The van der Waals surface area contributed by atoms with E-state index in [0.29, 0.717) is 5.50 Å². The molecule has 0 aromatic rings. The molecule has 1 atom stereocenters. The fourth-order valence-corrected chi connectivity index (χ4v) is 6.58. The van der Waals surface area contributed by atoms with E-state index < -0.39 is 17.2 Å². The average molecular weight is 198 g/mol. The second-order valence-corrected chi connectivity index (χ2v) is 12.0. The van der Waals surface area contributed by atoms with Crippen molar-refractivity contribution < 1.29 is 4.11 Å². The molecule has 0 saturated heterocycles. The summed E-state index contributed by atoms with van der Waals surface area (Å²) in [5, 5.41) is 0.273. The Morgan fingerprint density at radius 3 is 2.10 bits per heavy atom. The van der Waals surface area contributed by atoms with Gasteiger partial charge in [-0.25, -0.2) is 0 Å². The number of hydrogen-bond donors (Lipinski definition) is 0. The largest absolute Gasteiger partial charge is 0.315 e. The van der Waals surface area contributed by atoms with Gasteiger partial charge in [-0.2, -0.15) is 0 Å². The standard InChI is InChI=1S/C6H15ClFSi2/c1-6(9(2)8)10(3,4)5-7/h6H,5H2,1-4H3. The molecule has 0 saturated carbocycles. The highest BCUT2D eigenvalue weighted by Gasteiger charge is 2.33. The summed E-state index contributed by atoms with van der Waals surface area (Å²) in [7, 11) is -3.01. The van der Waals surface area contributed by atoms with Crippen molar-refractivity contribution in [1.29, 1.82) is 0 Å². The number of hydrogen-bond acceptors (Lipinski definition) is 0. The summed E-state index contributed by atoms with van der Waals surface area (Å²) in [6.45, 7) is 8.02. The lowest BCUT2D eigenvalue weighted by Gasteiger charge is -2.26. The zero-order valence-electron chi connectivity index (χ0n) is 7.04. The van der Waals surface area contributed by atoms with Gasteiger partial charge in [0.15, 0.2) is 0 Å². The van der Waals surface area contributed by atoms with Crippen LogP contribution in [0, 0.1) is 0 Å². The van der Waals surface area contributed by atoms with E-state index in [9.17, 15) is 4.11 Å². The molecule has 4 heteroatoms. The van der Waals surface area contributed by atoms with Crippen molar-refractivity contribution in [3.63, 3.8) is 0 Å². The summed E-state index contributed by atoms with van der Waals surface area (Å²) in [5.41, 5.74) is 0.681. The van der Waals surface area contributed by atoms with E-state index >= 15 is 0 Å². The highest BCUT2D eigenvalue weighted by molar-refractivity contribution is 6.92. The smallest absolute Gasteiger partial charge is 0.268 e. The molecule has 1 radical (unpaired) electrons. The zero-order chi connectivity index (χ0) is 8.36. The van der Waals surface area contributed by atoms with Crippen LogP contribution in [0.2, 0.25) is 24.8 Å². The molecule has 0 fully saturated rings. The molecule has 0 aliphatic carbocycles. The lowest BCUT2D eigenvalue weighted by molar-refractivity contribution is 0.814. The monoisotopic (exact) mass is 197 g/mol. The molecule has 1 unspecified atom stereocenters. The van der Waals surface area contributed by atoms with Crippen LogP contribution in [0.4, 0.5) is 4.11 Å². The minimum absolute atomic E-state index is 0.273. The Balaban J connectivity index is 4.03. The van der Waals surface area contributed by atoms with Crippen molar-refractivity contribution >= 4 is 28.8 Å². The van der Waals surface area contributed by atoms with Gasteiger partial charge in [-0.15, -0.1) is 11.6 Å². The Hall–Kier alpha value is 0.654. The van der Waals surface area contributed by atoms with Crippen molar-refractivity contribution in [2.45, 2.75) is 31.7 Å². The van der Waals surface area contributed by atoms with E-state index in [1.54, 1.807) is 6.55 Å². The Morgan fingerprint density at radius 2 is 2.00 bits per heavy atom. The van der Waals surface area contributed by atoms with Crippen molar-refractivity contribution in [3.05, 3.63) is 0 Å². The van der Waals surface area contributed by atoms with Crippen molar-refractivity contribution in [1.82, 2.24) is 0 Å². The lowest BCUT2D eigenvalue weighted by atomic mass is 10.9. The van der Waals surface area contributed by atoms with Crippen LogP contribution in [0.1, 0.15) is 6.92 Å². The third kappa shape index (κ3) is 2.72. The highest BCUT2D eigenvalue weighted by Crippen LogP contribution is 2.25. The second kappa shape index (κ2) is 3.88. The molecule has 61 valence electrons. The molecule has 0 bridgehead atoms. The Morgan fingerprint density at radius 1 is 1.60 bits per heavy atom. The topological polar surface area (TPSA) is 0 Å². The molecule has 0 amide bonds. The summed E-state index contributed by atoms with van der Waals surface area (Å²) in [6, 6.07) is 0. The molecule has 0 rings (SSSR count). The quantitative estimate of drug-likeness (QED) is 0.371. The molecule has 0 aliphatic heterocycles. The van der Waals surface area contributed by atoms with Crippen molar-refractivity contribution in [2.75, 3.05) is 5.50 Å². The van der Waals surface area contributed by atoms with E-state index in [-0.39, 0.29) is 5.16 Å². The third-order valence-electron chi connectivity index (χ3n) is 2.11. The van der Waals surface area contributed by atoms with Gasteiger partial charge in [0.05, 0.1) is 8.07 Å². The molecule has 0 nitrogen and oxygen atoms in total. The molecule has 0 heterocycles. The third-order valence-corrected chi connectivity index (χ3v) is 11.9. The zero-order valence-corrected chi connectivity index (χ0v) is 9.80. The molecule has 10 heavy (non-hydrogen) atoms. The summed E-state index contributed by atoms with van der Waals surface area (Å²) in [5.74, 6) is 0. The fraction of sp³-hybridized carbons (Fsp3) is 1.00. The molecule has 0 aliphatic rings. The fourth-order valence-electron chi connectivity index (χ4n) is 0.654. The van der Waals surface area contributed by atoms with E-state index in [0.717, 1.165) is 0 Å². The Labute approximate surface area is 70.6 Å². The first-order chi connectivity index (χ1) is 4.41. The van der Waals surface area contributed by atoms with Crippen LogP contribution in [-0.2, 0) is 0 Å². The minimum atomic E-state index is -1.60. The normalized spacial score (nSPS) is 15.9. The van der Waals surface area contributed by atoms with Crippen LogP contribution < -0.4 is 0 Å². The van der Waals surface area contributed by atoms with Crippen LogP contribution in [0.15, 0.2) is 0 Å². The summed E-state index contributed by atoms with van der Waals surface area (Å²) in [4.78, 5) is 0. The van der Waals surface area contributed by atoms with Gasteiger partial charge in [-0.3, -0.25) is 0 Å². The maximum Gasteiger partial charge on any atom is 0.268 e. The van der Waals surface area contributed by atoms with Crippen molar-refractivity contribution in [3.8, 4) is 0 Å².